The molecule has 7 heteroatoms. The Labute approximate surface area is 177 Å². The Morgan fingerprint density at radius 3 is 2.60 bits per heavy atom. The molecule has 30 heavy (non-hydrogen) atoms. The number of carbonyl (C=O) groups is 1. The lowest BCUT2D eigenvalue weighted by Crippen LogP contribution is -2.29. The fourth-order valence-electron chi connectivity index (χ4n) is 3.15. The largest absolute Gasteiger partial charge is 0.340 e. The van der Waals surface area contributed by atoms with Crippen molar-refractivity contribution in [1.29, 1.82) is 0 Å². The van der Waals surface area contributed by atoms with Crippen LogP contribution in [0.3, 0.4) is 0 Å². The Balaban J connectivity index is 1.49. The first-order valence-corrected chi connectivity index (χ1v) is 10.3. The molecule has 1 N–H and O–H groups in total. The van der Waals surface area contributed by atoms with E-state index >= 15 is 0 Å². The second-order valence-corrected chi connectivity index (χ2v) is 7.70. The number of amidine groups is 1. The lowest BCUT2D eigenvalue weighted by molar-refractivity contribution is -0.122. The summed E-state index contributed by atoms with van der Waals surface area (Å²) in [6.07, 6.45) is 9.23. The summed E-state index contributed by atoms with van der Waals surface area (Å²) in [5.41, 5.74) is 3.41. The van der Waals surface area contributed by atoms with Gasteiger partial charge < -0.3 is 4.98 Å². The summed E-state index contributed by atoms with van der Waals surface area (Å²) in [4.78, 5) is 32.3. The van der Waals surface area contributed by atoms with Crippen molar-refractivity contribution in [3.8, 4) is 0 Å². The number of amides is 1. The van der Waals surface area contributed by atoms with Crippen molar-refractivity contribution >= 4 is 45.3 Å². The van der Waals surface area contributed by atoms with Gasteiger partial charge in [-0.2, -0.15) is 0 Å². The molecule has 146 valence electrons. The number of nitrogens with one attached hydrogen (secondary N) is 1. The average molecular weight is 411 g/mol. The highest BCUT2D eigenvalue weighted by Gasteiger charge is 2.34. The molecular formula is C23H17N5OS. The molecule has 2 heterocycles. The summed E-state index contributed by atoms with van der Waals surface area (Å²) < 4.78 is 0. The number of imidazole rings is 1. The summed E-state index contributed by atoms with van der Waals surface area (Å²) in [6, 6.07) is 17.4. The molecule has 1 aromatic heterocycles. The van der Waals surface area contributed by atoms with Crippen LogP contribution in [0.5, 0.6) is 0 Å². The smallest absolute Gasteiger partial charge is 0.268 e. The number of carbonyl (C=O) groups excluding carboxylic acids is 1. The zero-order valence-electron chi connectivity index (χ0n) is 15.9. The summed E-state index contributed by atoms with van der Waals surface area (Å²) in [6.45, 7) is 0.305. The molecule has 1 fully saturated rings. The van der Waals surface area contributed by atoms with E-state index in [9.17, 15) is 4.79 Å². The molecule has 1 saturated heterocycles. The van der Waals surface area contributed by atoms with Crippen LogP contribution in [0.25, 0.3) is 11.0 Å². The Morgan fingerprint density at radius 2 is 1.80 bits per heavy atom. The van der Waals surface area contributed by atoms with E-state index in [1.54, 1.807) is 11.1 Å². The summed E-state index contributed by atoms with van der Waals surface area (Å²) >= 11 is 1.32. The molecule has 0 atom stereocenters. The van der Waals surface area contributed by atoms with E-state index < -0.39 is 0 Å². The number of rotatable bonds is 4. The van der Waals surface area contributed by atoms with E-state index in [0.717, 1.165) is 22.4 Å². The Kier molecular flexibility index (Phi) is 4.86. The molecule has 1 amide bonds. The maximum atomic E-state index is 13.1. The summed E-state index contributed by atoms with van der Waals surface area (Å²) in [5, 5.41) is 0.607. The second-order valence-electron chi connectivity index (χ2n) is 6.69. The van der Waals surface area contributed by atoms with Gasteiger partial charge in [-0.3, -0.25) is 14.7 Å². The molecule has 0 spiro atoms. The first-order valence-electron chi connectivity index (χ1n) is 9.46. The molecule has 1 aliphatic carbocycles. The van der Waals surface area contributed by atoms with Gasteiger partial charge in [0.25, 0.3) is 5.91 Å². The van der Waals surface area contributed by atoms with Gasteiger partial charge in [-0.25, -0.2) is 9.98 Å². The molecule has 2 aromatic carbocycles. The van der Waals surface area contributed by atoms with Crippen LogP contribution < -0.4 is 0 Å². The Bertz CT molecular complexity index is 1220. The lowest BCUT2D eigenvalue weighted by Gasteiger charge is -2.13. The van der Waals surface area contributed by atoms with Crippen LogP contribution >= 0.6 is 11.8 Å². The van der Waals surface area contributed by atoms with Crippen LogP contribution in [0.2, 0.25) is 0 Å². The van der Waals surface area contributed by atoms with Gasteiger partial charge in [0, 0.05) is 6.20 Å². The Hall–Kier alpha value is -3.71. The quantitative estimate of drug-likeness (QED) is 0.631. The van der Waals surface area contributed by atoms with Gasteiger partial charge in [-0.1, -0.05) is 42.5 Å². The minimum Gasteiger partial charge on any atom is -0.340 e. The molecule has 0 saturated carbocycles. The number of fused-ring (bicyclic) bond motifs is 1. The van der Waals surface area contributed by atoms with Gasteiger partial charge in [0.15, 0.2) is 5.17 Å². The summed E-state index contributed by atoms with van der Waals surface area (Å²) in [7, 11) is 0. The number of hydrogen-bond donors (Lipinski definition) is 1. The minimum atomic E-state index is -0.134. The molecule has 5 rings (SSSR count). The molecule has 2 aliphatic rings. The molecule has 6 nitrogen and oxygen atoms in total. The molecule has 0 radical (unpaired) electrons. The maximum absolute atomic E-state index is 13.1. The van der Waals surface area contributed by atoms with E-state index in [-0.39, 0.29) is 5.91 Å². The number of hydrogen-bond acceptors (Lipinski definition) is 5. The van der Waals surface area contributed by atoms with E-state index in [2.05, 4.69) is 15.0 Å². The minimum absolute atomic E-state index is 0.134. The van der Waals surface area contributed by atoms with Gasteiger partial charge >= 0.3 is 0 Å². The third-order valence-corrected chi connectivity index (χ3v) is 5.59. The first kappa shape index (κ1) is 18.3. The number of aromatic nitrogens is 2. The van der Waals surface area contributed by atoms with Gasteiger partial charge in [-0.15, -0.1) is 0 Å². The van der Waals surface area contributed by atoms with Gasteiger partial charge in [0.2, 0.25) is 0 Å². The van der Waals surface area contributed by atoms with Crippen molar-refractivity contribution in [2.75, 3.05) is 0 Å². The molecule has 0 unspecified atom stereocenters. The van der Waals surface area contributed by atoms with Crippen LogP contribution in [0.4, 0.5) is 5.69 Å². The van der Waals surface area contributed by atoms with Crippen LogP contribution in [0.1, 0.15) is 5.82 Å². The molecule has 1 aliphatic heterocycles. The predicted octanol–water partition coefficient (Wildman–Crippen LogP) is 4.73. The Morgan fingerprint density at radius 1 is 1.03 bits per heavy atom. The number of para-hydroxylation sites is 3. The normalized spacial score (nSPS) is 18.5. The van der Waals surface area contributed by atoms with Crippen molar-refractivity contribution in [2.24, 2.45) is 9.98 Å². The van der Waals surface area contributed by atoms with E-state index in [1.807, 2.05) is 78.9 Å². The van der Waals surface area contributed by atoms with E-state index in [1.165, 1.54) is 11.8 Å². The third-order valence-electron chi connectivity index (χ3n) is 4.59. The fourth-order valence-corrected chi connectivity index (χ4v) is 4.06. The van der Waals surface area contributed by atoms with Crippen LogP contribution in [-0.2, 0) is 11.3 Å². The highest BCUT2D eigenvalue weighted by Crippen LogP contribution is 2.34. The number of benzene rings is 2. The monoisotopic (exact) mass is 411 g/mol. The zero-order chi connectivity index (χ0) is 20.3. The summed E-state index contributed by atoms with van der Waals surface area (Å²) in [5.74, 6) is 0.575. The zero-order valence-corrected chi connectivity index (χ0v) is 16.7. The maximum Gasteiger partial charge on any atom is 0.268 e. The standard InChI is InChI=1S/C23H17N5OS/c29-22-20(14-24-16-8-4-5-9-16)30-23(25-17-10-2-1-3-11-17)28(22)15-21-26-18-12-6-7-13-19(18)27-21/h1-14H,15H2,(H,26,27)/b20-14+,25-23?. The number of thioether (sulfide) groups is 1. The lowest BCUT2D eigenvalue weighted by atomic mass is 10.3. The topological polar surface area (TPSA) is 73.7 Å². The van der Waals surface area contributed by atoms with E-state index in [0.29, 0.717) is 22.4 Å². The number of aliphatic imine (C=N–C) groups is 2. The van der Waals surface area contributed by atoms with Crippen molar-refractivity contribution in [3.63, 3.8) is 0 Å². The third kappa shape index (κ3) is 3.75. The second kappa shape index (κ2) is 7.96. The fraction of sp³-hybridized carbons (Fsp3) is 0.0435. The van der Waals surface area contributed by atoms with Gasteiger partial charge in [-0.05, 0) is 48.2 Å². The number of aromatic amines is 1. The SMILES string of the molecule is O=C1/C(=C\N=C2C=CC=C2)SC(=Nc2ccccc2)N1Cc1nc2ccccc2[nH]1. The van der Waals surface area contributed by atoms with Crippen LogP contribution in [0, 0.1) is 0 Å². The average Bonchev–Trinajstić information content (AvgIpc) is 3.49. The van der Waals surface area contributed by atoms with Gasteiger partial charge in [0.05, 0.1) is 33.9 Å². The first-order chi connectivity index (χ1) is 14.8. The molecular weight excluding hydrogens is 394 g/mol. The van der Waals surface area contributed by atoms with E-state index in [4.69, 9.17) is 4.99 Å². The van der Waals surface area contributed by atoms with Crippen LogP contribution in [-0.4, -0.2) is 31.7 Å². The predicted molar refractivity (Wildman–Crippen MR) is 122 cm³/mol. The van der Waals surface area contributed by atoms with Crippen LogP contribution in [0.15, 0.2) is 100.0 Å². The van der Waals surface area contributed by atoms with Crippen molar-refractivity contribution in [2.45, 2.75) is 6.54 Å². The van der Waals surface area contributed by atoms with Crippen molar-refractivity contribution in [1.82, 2.24) is 14.9 Å². The van der Waals surface area contributed by atoms with Gasteiger partial charge in [0.1, 0.15) is 5.82 Å². The highest BCUT2D eigenvalue weighted by molar-refractivity contribution is 8.18. The van der Waals surface area contributed by atoms with Crippen molar-refractivity contribution in [3.05, 3.63) is 95.8 Å². The number of H-pyrrole nitrogens is 1. The molecule has 3 aromatic rings. The molecule has 0 bridgehead atoms. The highest BCUT2D eigenvalue weighted by atomic mass is 32.2. The number of nitrogens with zero attached hydrogens (tertiary/aromatic N) is 4. The number of allylic oxidation sites excluding steroid dienone is 4. The van der Waals surface area contributed by atoms with Crippen molar-refractivity contribution < 1.29 is 4.79 Å².